The molecule has 2 aliphatic carbocycles. The van der Waals surface area contributed by atoms with Crippen molar-refractivity contribution in [1.82, 2.24) is 10.6 Å². The van der Waals surface area contributed by atoms with Crippen molar-refractivity contribution in [3.63, 3.8) is 0 Å². The number of fused-ring (bicyclic) bond motifs is 3. The van der Waals surface area contributed by atoms with Gasteiger partial charge in [0.2, 0.25) is 5.91 Å². The highest BCUT2D eigenvalue weighted by molar-refractivity contribution is 7.99. The highest BCUT2D eigenvalue weighted by Crippen LogP contribution is 2.44. The van der Waals surface area contributed by atoms with Gasteiger partial charge in [-0.15, -0.1) is 11.8 Å². The van der Waals surface area contributed by atoms with Gasteiger partial charge in [-0.25, -0.2) is 4.79 Å². The second-order valence-electron chi connectivity index (χ2n) is 9.17. The van der Waals surface area contributed by atoms with Crippen LogP contribution in [0.25, 0.3) is 11.1 Å². The lowest BCUT2D eigenvalue weighted by Gasteiger charge is -2.28. The van der Waals surface area contributed by atoms with E-state index in [1.807, 2.05) is 24.3 Å². The van der Waals surface area contributed by atoms with E-state index in [0.717, 1.165) is 25.7 Å². The number of ether oxygens (including phenoxy) is 1. The van der Waals surface area contributed by atoms with Crippen LogP contribution in [0.4, 0.5) is 4.79 Å². The zero-order chi connectivity index (χ0) is 24.6. The maximum atomic E-state index is 12.5. The van der Waals surface area contributed by atoms with Gasteiger partial charge in [0.1, 0.15) is 6.61 Å². The molecule has 0 bridgehead atoms. The van der Waals surface area contributed by atoms with E-state index in [1.54, 1.807) is 0 Å². The topological polar surface area (TPSA) is 105 Å². The molecule has 1 saturated carbocycles. The van der Waals surface area contributed by atoms with Crippen LogP contribution in [0.3, 0.4) is 0 Å². The van der Waals surface area contributed by atoms with Crippen LogP contribution < -0.4 is 10.6 Å². The maximum Gasteiger partial charge on any atom is 0.407 e. The lowest BCUT2D eigenvalue weighted by atomic mass is 9.81. The third-order valence-electron chi connectivity index (χ3n) is 6.80. The molecule has 2 unspecified atom stereocenters. The molecule has 8 heteroatoms. The molecule has 0 spiro atoms. The summed E-state index contributed by atoms with van der Waals surface area (Å²) in [7, 11) is 0. The Kier molecular flexibility index (Phi) is 8.69. The first kappa shape index (κ1) is 25.1. The molecular weight excluding hydrogens is 464 g/mol. The zero-order valence-electron chi connectivity index (χ0n) is 19.7. The standard InChI is InChI=1S/C27H32N2O5S/c30-25(31)17-35-13-12-28-26(32)19-7-5-6-18(14-19)15-29-27(33)34-16-24-22-10-3-1-8-20(22)21-9-2-4-11-23(21)24/h1-4,8-11,18-19,24H,5-7,12-17H2,(H,28,32)(H,29,33)(H,30,31). The second kappa shape index (κ2) is 12.1. The van der Waals surface area contributed by atoms with Crippen molar-refractivity contribution in [1.29, 1.82) is 0 Å². The number of amides is 2. The van der Waals surface area contributed by atoms with Gasteiger partial charge in [-0.2, -0.15) is 0 Å². The van der Waals surface area contributed by atoms with E-state index in [9.17, 15) is 14.4 Å². The van der Waals surface area contributed by atoms with Crippen molar-refractivity contribution in [3.8, 4) is 11.1 Å². The first-order chi connectivity index (χ1) is 17.0. The summed E-state index contributed by atoms with van der Waals surface area (Å²) < 4.78 is 5.62. The van der Waals surface area contributed by atoms with Crippen LogP contribution in [0.1, 0.15) is 42.7 Å². The highest BCUT2D eigenvalue weighted by atomic mass is 32.2. The molecule has 0 aliphatic heterocycles. The number of nitrogens with one attached hydrogen (secondary N) is 2. The zero-order valence-corrected chi connectivity index (χ0v) is 20.5. The number of carbonyl (C=O) groups excluding carboxylic acids is 2. The summed E-state index contributed by atoms with van der Waals surface area (Å²) in [6, 6.07) is 16.5. The Bertz CT molecular complexity index is 1010. The first-order valence-corrected chi connectivity index (χ1v) is 13.3. The van der Waals surface area contributed by atoms with E-state index in [2.05, 4.69) is 34.9 Å². The lowest BCUT2D eigenvalue weighted by molar-refractivity contribution is -0.134. The fourth-order valence-electron chi connectivity index (χ4n) is 5.14. The summed E-state index contributed by atoms with van der Waals surface area (Å²) >= 11 is 1.29. The molecular formula is C27H32N2O5S. The molecule has 2 aliphatic rings. The maximum absolute atomic E-state index is 12.5. The van der Waals surface area contributed by atoms with E-state index in [0.29, 0.717) is 18.8 Å². The van der Waals surface area contributed by atoms with Gasteiger partial charge in [0.25, 0.3) is 0 Å². The van der Waals surface area contributed by atoms with Crippen LogP contribution in [0.2, 0.25) is 0 Å². The predicted molar refractivity (Wildman–Crippen MR) is 136 cm³/mol. The van der Waals surface area contributed by atoms with Crippen molar-refractivity contribution in [2.24, 2.45) is 11.8 Å². The van der Waals surface area contributed by atoms with E-state index in [-0.39, 0.29) is 36.0 Å². The van der Waals surface area contributed by atoms with Crippen molar-refractivity contribution >= 4 is 29.7 Å². The van der Waals surface area contributed by atoms with Gasteiger partial charge in [0.15, 0.2) is 0 Å². The second-order valence-corrected chi connectivity index (χ2v) is 10.3. The monoisotopic (exact) mass is 496 g/mol. The molecule has 0 heterocycles. The number of carboxylic acids is 1. The predicted octanol–water partition coefficient (Wildman–Crippen LogP) is 4.27. The average Bonchev–Trinajstić information content (AvgIpc) is 3.19. The lowest BCUT2D eigenvalue weighted by Crippen LogP contribution is -2.38. The summed E-state index contributed by atoms with van der Waals surface area (Å²) in [5, 5.41) is 14.5. The normalized spacial score (nSPS) is 18.9. The largest absolute Gasteiger partial charge is 0.481 e. The van der Waals surface area contributed by atoms with Crippen molar-refractivity contribution in [3.05, 3.63) is 59.7 Å². The Morgan fingerprint density at radius 2 is 1.66 bits per heavy atom. The Balaban J connectivity index is 1.20. The molecule has 4 rings (SSSR count). The van der Waals surface area contributed by atoms with Crippen LogP contribution in [-0.4, -0.2) is 54.3 Å². The SMILES string of the molecule is O=C(O)CSCCNC(=O)C1CCCC(CNC(=O)OCC2c3ccccc3-c3ccccc32)C1. The summed E-state index contributed by atoms with van der Waals surface area (Å²) in [6.07, 6.45) is 3.08. The molecule has 2 aromatic rings. The molecule has 186 valence electrons. The van der Waals surface area contributed by atoms with Gasteiger partial charge in [-0.3, -0.25) is 9.59 Å². The number of hydrogen-bond donors (Lipinski definition) is 3. The molecule has 0 aromatic heterocycles. The Morgan fingerprint density at radius 3 is 2.34 bits per heavy atom. The molecule has 7 nitrogen and oxygen atoms in total. The van der Waals surface area contributed by atoms with E-state index in [4.69, 9.17) is 9.84 Å². The molecule has 2 atom stereocenters. The van der Waals surface area contributed by atoms with Gasteiger partial charge < -0.3 is 20.5 Å². The van der Waals surface area contributed by atoms with Crippen LogP contribution in [0, 0.1) is 11.8 Å². The van der Waals surface area contributed by atoms with Crippen molar-refractivity contribution in [2.75, 3.05) is 31.2 Å². The van der Waals surface area contributed by atoms with E-state index in [1.165, 1.54) is 34.0 Å². The van der Waals surface area contributed by atoms with Gasteiger partial charge >= 0.3 is 12.1 Å². The number of aliphatic carboxylic acids is 1. The van der Waals surface area contributed by atoms with Crippen LogP contribution in [-0.2, 0) is 14.3 Å². The fraction of sp³-hybridized carbons (Fsp3) is 0.444. The summed E-state index contributed by atoms with van der Waals surface area (Å²) in [6.45, 7) is 1.25. The number of rotatable bonds is 10. The first-order valence-electron chi connectivity index (χ1n) is 12.2. The van der Waals surface area contributed by atoms with Gasteiger partial charge in [-0.1, -0.05) is 55.0 Å². The Morgan fingerprint density at radius 1 is 0.971 bits per heavy atom. The highest BCUT2D eigenvalue weighted by Gasteiger charge is 2.30. The number of thioether (sulfide) groups is 1. The van der Waals surface area contributed by atoms with Crippen LogP contribution in [0.15, 0.2) is 48.5 Å². The number of alkyl carbamates (subject to hydrolysis) is 1. The molecule has 0 saturated heterocycles. The molecule has 1 fully saturated rings. The molecule has 3 N–H and O–H groups in total. The van der Waals surface area contributed by atoms with Gasteiger partial charge in [0.05, 0.1) is 5.75 Å². The Labute approximate surface area is 210 Å². The third-order valence-corrected chi connectivity index (χ3v) is 7.75. The molecule has 35 heavy (non-hydrogen) atoms. The minimum absolute atomic E-state index is 0.0202. The smallest absolute Gasteiger partial charge is 0.407 e. The van der Waals surface area contributed by atoms with Crippen molar-refractivity contribution in [2.45, 2.75) is 31.6 Å². The Hall–Kier alpha value is -3.00. The van der Waals surface area contributed by atoms with E-state index >= 15 is 0 Å². The third kappa shape index (κ3) is 6.57. The number of carboxylic acid groups (broad SMARTS) is 1. The average molecular weight is 497 g/mol. The van der Waals surface area contributed by atoms with Gasteiger partial charge in [0, 0.05) is 30.7 Å². The fourth-order valence-corrected chi connectivity index (χ4v) is 5.71. The van der Waals surface area contributed by atoms with Crippen molar-refractivity contribution < 1.29 is 24.2 Å². The minimum atomic E-state index is -0.847. The van der Waals surface area contributed by atoms with Crippen LogP contribution >= 0.6 is 11.8 Å². The number of carbonyl (C=O) groups is 3. The minimum Gasteiger partial charge on any atom is -0.481 e. The molecule has 2 aromatic carbocycles. The number of hydrogen-bond acceptors (Lipinski definition) is 5. The summed E-state index contributed by atoms with van der Waals surface area (Å²) in [5.74, 6) is 0.000981. The summed E-state index contributed by atoms with van der Waals surface area (Å²) in [5.41, 5.74) is 4.77. The van der Waals surface area contributed by atoms with Crippen LogP contribution in [0.5, 0.6) is 0 Å². The number of benzene rings is 2. The van der Waals surface area contributed by atoms with Gasteiger partial charge in [-0.05, 0) is 47.4 Å². The quantitative estimate of drug-likeness (QED) is 0.425. The van der Waals surface area contributed by atoms with E-state index < -0.39 is 12.1 Å². The summed E-state index contributed by atoms with van der Waals surface area (Å²) in [4.78, 5) is 35.5. The molecule has 0 radical (unpaired) electrons. The molecule has 2 amide bonds.